The maximum atomic E-state index is 11.6. The van der Waals surface area contributed by atoms with Crippen molar-refractivity contribution in [3.8, 4) is 11.5 Å². The minimum Gasteiger partial charge on any atom is -0.423 e. The Kier molecular flexibility index (Phi) is 12.4. The standard InChI is InChI=1S/C46H38N8O4/c1-3-43(55)57-37-22-18-31(19-23-37)27-39-49-41(53-45(51-39)47-35-14-7-5-8-15-35)29-33-12-11-13-34(26-33)30-42-50-40(52-46(54-42)48-36-16-9-6-10-17-36)28-32-20-24-38(25-21-32)58-44(56)4-2/h3-26H,1-2,27-30H2,(H,47,49,51,53)(H,48,50,52,54). The molecule has 0 bridgehead atoms. The van der Waals surface area contributed by atoms with Crippen molar-refractivity contribution in [2.75, 3.05) is 10.6 Å². The van der Waals surface area contributed by atoms with E-state index in [0.717, 1.165) is 45.8 Å². The van der Waals surface area contributed by atoms with Gasteiger partial charge in [-0.2, -0.15) is 19.9 Å². The lowest BCUT2D eigenvalue weighted by atomic mass is 10.1. The summed E-state index contributed by atoms with van der Waals surface area (Å²) in [7, 11) is 0. The molecule has 0 radical (unpaired) electrons. The van der Waals surface area contributed by atoms with Crippen molar-refractivity contribution in [2.45, 2.75) is 25.7 Å². The zero-order valence-electron chi connectivity index (χ0n) is 31.4. The Labute approximate surface area is 335 Å². The minimum atomic E-state index is -0.521. The number of hydrogen-bond acceptors (Lipinski definition) is 12. The molecule has 286 valence electrons. The highest BCUT2D eigenvalue weighted by Crippen LogP contribution is 2.21. The second-order valence-electron chi connectivity index (χ2n) is 13.0. The number of benzene rings is 5. The second kappa shape index (κ2) is 18.7. The Morgan fingerprint density at radius 1 is 0.448 bits per heavy atom. The molecule has 0 atom stereocenters. The van der Waals surface area contributed by atoms with E-state index < -0.39 is 11.9 Å². The van der Waals surface area contributed by atoms with Crippen molar-refractivity contribution in [2.24, 2.45) is 0 Å². The third-order valence-corrected chi connectivity index (χ3v) is 8.57. The fraction of sp³-hybridized carbons (Fsp3) is 0.0870. The van der Waals surface area contributed by atoms with Gasteiger partial charge in [0.1, 0.15) is 34.8 Å². The summed E-state index contributed by atoms with van der Waals surface area (Å²) in [5.74, 6) is 3.03. The molecule has 0 aliphatic heterocycles. The Morgan fingerprint density at radius 2 is 0.810 bits per heavy atom. The maximum Gasteiger partial charge on any atom is 0.335 e. The van der Waals surface area contributed by atoms with Crippen LogP contribution in [0.3, 0.4) is 0 Å². The van der Waals surface area contributed by atoms with Crippen LogP contribution in [0, 0.1) is 0 Å². The fourth-order valence-electron chi connectivity index (χ4n) is 5.91. The number of carbonyl (C=O) groups is 2. The van der Waals surface area contributed by atoms with Crippen molar-refractivity contribution in [1.29, 1.82) is 0 Å². The normalized spacial score (nSPS) is 10.6. The number of hydrogen-bond donors (Lipinski definition) is 2. The SMILES string of the molecule is C=CC(=O)Oc1ccc(Cc2nc(Cc3cccc(Cc4nc(Cc5ccc(OC(=O)C=C)cc5)nc(Nc5ccccc5)n4)c3)nc(Nc3ccccc3)n2)cc1. The molecule has 0 fully saturated rings. The Bertz CT molecular complexity index is 2360. The molecule has 0 spiro atoms. The number of para-hydroxylation sites is 2. The molecule has 0 saturated carbocycles. The van der Waals surface area contributed by atoms with Crippen LogP contribution in [-0.4, -0.2) is 41.8 Å². The molecule has 5 aromatic carbocycles. The second-order valence-corrected chi connectivity index (χ2v) is 13.0. The lowest BCUT2D eigenvalue weighted by Crippen LogP contribution is -2.10. The molecule has 7 rings (SSSR count). The van der Waals surface area contributed by atoms with Crippen molar-refractivity contribution in [1.82, 2.24) is 29.9 Å². The smallest absolute Gasteiger partial charge is 0.335 e. The van der Waals surface area contributed by atoms with Crippen LogP contribution < -0.4 is 20.1 Å². The first-order valence-corrected chi connectivity index (χ1v) is 18.4. The van der Waals surface area contributed by atoms with Crippen molar-refractivity contribution < 1.29 is 19.1 Å². The van der Waals surface area contributed by atoms with Crippen molar-refractivity contribution in [3.05, 3.63) is 204 Å². The molecule has 2 heterocycles. The molecule has 0 amide bonds. The van der Waals surface area contributed by atoms with E-state index >= 15 is 0 Å². The molecule has 12 nitrogen and oxygen atoms in total. The van der Waals surface area contributed by atoms with E-state index in [0.29, 0.717) is 72.4 Å². The quantitative estimate of drug-likeness (QED) is 0.0555. The van der Waals surface area contributed by atoms with E-state index in [4.69, 9.17) is 39.4 Å². The van der Waals surface area contributed by atoms with Gasteiger partial charge >= 0.3 is 11.9 Å². The summed E-state index contributed by atoms with van der Waals surface area (Å²) in [6.07, 6.45) is 4.01. The predicted molar refractivity (Wildman–Crippen MR) is 221 cm³/mol. The highest BCUT2D eigenvalue weighted by molar-refractivity contribution is 5.83. The first-order valence-electron chi connectivity index (χ1n) is 18.4. The molecule has 2 N–H and O–H groups in total. The number of esters is 2. The number of nitrogens with zero attached hydrogens (tertiary/aromatic N) is 6. The van der Waals surface area contributed by atoms with Gasteiger partial charge in [-0.1, -0.05) is 98.1 Å². The topological polar surface area (TPSA) is 154 Å². The number of aromatic nitrogens is 6. The van der Waals surface area contributed by atoms with Crippen LogP contribution >= 0.6 is 0 Å². The maximum absolute atomic E-state index is 11.6. The van der Waals surface area contributed by atoms with E-state index in [1.807, 2.05) is 103 Å². The molecule has 58 heavy (non-hydrogen) atoms. The number of nitrogens with one attached hydrogen (secondary N) is 2. The third kappa shape index (κ3) is 11.1. The minimum absolute atomic E-state index is 0.424. The van der Waals surface area contributed by atoms with Crippen LogP contribution in [-0.2, 0) is 35.3 Å². The Morgan fingerprint density at radius 3 is 1.17 bits per heavy atom. The average Bonchev–Trinajstić information content (AvgIpc) is 3.23. The number of anilines is 4. The summed E-state index contributed by atoms with van der Waals surface area (Å²) in [6.45, 7) is 6.89. The van der Waals surface area contributed by atoms with Gasteiger partial charge in [-0.05, 0) is 70.8 Å². The molecule has 0 aliphatic rings. The Balaban J connectivity index is 1.12. The van der Waals surface area contributed by atoms with Crippen LogP contribution in [0.1, 0.15) is 45.6 Å². The van der Waals surface area contributed by atoms with Gasteiger partial charge in [-0.15, -0.1) is 0 Å². The average molecular weight is 767 g/mol. The zero-order chi connectivity index (χ0) is 40.1. The lowest BCUT2D eigenvalue weighted by Gasteiger charge is -2.11. The summed E-state index contributed by atoms with van der Waals surface area (Å²) in [5.41, 5.74) is 5.58. The van der Waals surface area contributed by atoms with E-state index in [-0.39, 0.29) is 0 Å². The van der Waals surface area contributed by atoms with Crippen LogP contribution in [0.4, 0.5) is 23.3 Å². The van der Waals surface area contributed by atoms with Gasteiger partial charge in [0.25, 0.3) is 0 Å². The highest BCUT2D eigenvalue weighted by Gasteiger charge is 2.13. The Hall–Kier alpha value is -7.86. The number of ether oxygens (including phenoxy) is 2. The van der Waals surface area contributed by atoms with Crippen LogP contribution in [0.5, 0.6) is 11.5 Å². The largest absolute Gasteiger partial charge is 0.423 e. The van der Waals surface area contributed by atoms with Crippen LogP contribution in [0.25, 0.3) is 0 Å². The van der Waals surface area contributed by atoms with Gasteiger partial charge in [0.2, 0.25) is 11.9 Å². The molecule has 0 aliphatic carbocycles. The summed E-state index contributed by atoms with van der Waals surface area (Å²) in [4.78, 5) is 52.0. The molecule has 12 heteroatoms. The molecular weight excluding hydrogens is 729 g/mol. The summed E-state index contributed by atoms with van der Waals surface area (Å²) in [5, 5.41) is 6.63. The highest BCUT2D eigenvalue weighted by atomic mass is 16.5. The molecular formula is C46H38N8O4. The van der Waals surface area contributed by atoms with Crippen molar-refractivity contribution >= 4 is 35.2 Å². The van der Waals surface area contributed by atoms with Gasteiger partial charge in [0, 0.05) is 49.2 Å². The first kappa shape index (κ1) is 38.4. The summed E-state index contributed by atoms with van der Waals surface area (Å²) >= 11 is 0. The van der Waals surface area contributed by atoms with Gasteiger partial charge in [0.05, 0.1) is 0 Å². The van der Waals surface area contributed by atoms with E-state index in [1.54, 1.807) is 24.3 Å². The van der Waals surface area contributed by atoms with Crippen LogP contribution in [0.15, 0.2) is 159 Å². The predicted octanol–water partition coefficient (Wildman–Crippen LogP) is 8.09. The molecule has 7 aromatic rings. The number of carbonyl (C=O) groups excluding carboxylic acids is 2. The van der Waals surface area contributed by atoms with E-state index in [1.165, 1.54) is 0 Å². The zero-order valence-corrected chi connectivity index (χ0v) is 31.4. The fourth-order valence-corrected chi connectivity index (χ4v) is 5.91. The molecule has 0 saturated heterocycles. The summed E-state index contributed by atoms with van der Waals surface area (Å²) < 4.78 is 10.5. The summed E-state index contributed by atoms with van der Waals surface area (Å²) in [6, 6.07) is 42.0. The monoisotopic (exact) mass is 766 g/mol. The third-order valence-electron chi connectivity index (χ3n) is 8.57. The van der Waals surface area contributed by atoms with Gasteiger partial charge in [-0.3, -0.25) is 0 Å². The number of rotatable bonds is 16. The van der Waals surface area contributed by atoms with Crippen molar-refractivity contribution in [3.63, 3.8) is 0 Å². The molecule has 2 aromatic heterocycles. The molecule has 0 unspecified atom stereocenters. The first-order chi connectivity index (χ1) is 28.3. The van der Waals surface area contributed by atoms with Gasteiger partial charge in [-0.25, -0.2) is 19.6 Å². The van der Waals surface area contributed by atoms with Crippen LogP contribution in [0.2, 0.25) is 0 Å². The van der Waals surface area contributed by atoms with Gasteiger partial charge in [0.15, 0.2) is 0 Å². The van der Waals surface area contributed by atoms with E-state index in [2.05, 4.69) is 29.9 Å². The van der Waals surface area contributed by atoms with Gasteiger partial charge < -0.3 is 20.1 Å². The lowest BCUT2D eigenvalue weighted by molar-refractivity contribution is -0.129. The van der Waals surface area contributed by atoms with E-state index in [9.17, 15) is 9.59 Å².